The maximum atomic E-state index is 10.1. The van der Waals surface area contributed by atoms with E-state index in [1.807, 2.05) is 31.9 Å². The molecule has 1 unspecified atom stereocenters. The Balaban J connectivity index is 2.60. The fourth-order valence-corrected chi connectivity index (χ4v) is 1.93. The predicted octanol–water partition coefficient (Wildman–Crippen LogP) is 1.40. The number of nitrogens with two attached hydrogens (primary N) is 1. The first-order valence-electron chi connectivity index (χ1n) is 6.97. The summed E-state index contributed by atoms with van der Waals surface area (Å²) < 4.78 is 5.57. The molecular weight excluding hydrogens is 256 g/mol. The van der Waals surface area contributed by atoms with Gasteiger partial charge < -0.3 is 25.6 Å². The van der Waals surface area contributed by atoms with Gasteiger partial charge in [-0.1, -0.05) is 6.07 Å². The lowest BCUT2D eigenvalue weighted by Gasteiger charge is -2.19. The summed E-state index contributed by atoms with van der Waals surface area (Å²) in [6.07, 6.45) is 0.104. The van der Waals surface area contributed by atoms with E-state index in [0.717, 1.165) is 5.56 Å². The van der Waals surface area contributed by atoms with Crippen molar-refractivity contribution in [1.82, 2.24) is 4.90 Å². The first-order valence-corrected chi connectivity index (χ1v) is 6.97. The van der Waals surface area contributed by atoms with Crippen LogP contribution in [0.4, 0.5) is 5.69 Å². The summed E-state index contributed by atoms with van der Waals surface area (Å²) in [5.41, 5.74) is 7.26. The molecule has 0 fully saturated rings. The average molecular weight is 282 g/mol. The molecule has 0 heterocycles. The van der Waals surface area contributed by atoms with Crippen LogP contribution in [-0.4, -0.2) is 48.0 Å². The van der Waals surface area contributed by atoms with Crippen molar-refractivity contribution in [1.29, 1.82) is 0 Å². The zero-order chi connectivity index (χ0) is 15.1. The van der Waals surface area contributed by atoms with E-state index < -0.39 is 6.10 Å². The molecule has 0 aliphatic rings. The molecule has 20 heavy (non-hydrogen) atoms. The second-order valence-corrected chi connectivity index (χ2v) is 5.30. The van der Waals surface area contributed by atoms with E-state index >= 15 is 0 Å². The van der Waals surface area contributed by atoms with Crippen LogP contribution >= 0.6 is 0 Å². The second kappa shape index (κ2) is 8.09. The second-order valence-electron chi connectivity index (χ2n) is 5.30. The SMILES string of the molecule is CC(C)Oc1ccc(C(O)CCN(C)CCO)cc1N. The molecular formula is C15H26N2O3. The first kappa shape index (κ1) is 16.8. The van der Waals surface area contributed by atoms with Crippen LogP contribution < -0.4 is 10.5 Å². The number of aliphatic hydroxyl groups is 2. The van der Waals surface area contributed by atoms with Gasteiger partial charge >= 0.3 is 0 Å². The van der Waals surface area contributed by atoms with Gasteiger partial charge in [-0.05, 0) is 45.0 Å². The van der Waals surface area contributed by atoms with Gasteiger partial charge in [-0.15, -0.1) is 0 Å². The summed E-state index contributed by atoms with van der Waals surface area (Å²) >= 11 is 0. The highest BCUT2D eigenvalue weighted by Crippen LogP contribution is 2.27. The number of ether oxygens (including phenoxy) is 1. The fraction of sp³-hybridized carbons (Fsp3) is 0.600. The van der Waals surface area contributed by atoms with Crippen LogP contribution in [0.5, 0.6) is 5.75 Å². The van der Waals surface area contributed by atoms with E-state index in [2.05, 4.69) is 0 Å². The van der Waals surface area contributed by atoms with Gasteiger partial charge in [0, 0.05) is 13.1 Å². The summed E-state index contributed by atoms with van der Waals surface area (Å²) in [6.45, 7) is 5.33. The van der Waals surface area contributed by atoms with Crippen molar-refractivity contribution in [3.8, 4) is 5.75 Å². The van der Waals surface area contributed by atoms with Gasteiger partial charge in [-0.25, -0.2) is 0 Å². The van der Waals surface area contributed by atoms with Crippen LogP contribution in [0.15, 0.2) is 18.2 Å². The fourth-order valence-electron chi connectivity index (χ4n) is 1.93. The number of benzene rings is 1. The minimum Gasteiger partial charge on any atom is -0.489 e. The molecule has 114 valence electrons. The van der Waals surface area contributed by atoms with Crippen molar-refractivity contribution in [3.05, 3.63) is 23.8 Å². The quantitative estimate of drug-likeness (QED) is 0.628. The van der Waals surface area contributed by atoms with Crippen LogP contribution in [0.25, 0.3) is 0 Å². The lowest BCUT2D eigenvalue weighted by Crippen LogP contribution is -2.24. The molecule has 1 aromatic rings. The molecule has 1 atom stereocenters. The Hall–Kier alpha value is -1.30. The maximum absolute atomic E-state index is 10.1. The smallest absolute Gasteiger partial charge is 0.142 e. The van der Waals surface area contributed by atoms with Crippen molar-refractivity contribution in [2.24, 2.45) is 0 Å². The van der Waals surface area contributed by atoms with Crippen molar-refractivity contribution in [3.63, 3.8) is 0 Å². The molecule has 0 spiro atoms. The Morgan fingerprint density at radius 2 is 2.00 bits per heavy atom. The first-order chi connectivity index (χ1) is 9.43. The van der Waals surface area contributed by atoms with Gasteiger partial charge in [-0.3, -0.25) is 0 Å². The molecule has 0 radical (unpaired) electrons. The number of rotatable bonds is 8. The van der Waals surface area contributed by atoms with Gasteiger partial charge in [0.1, 0.15) is 5.75 Å². The number of anilines is 1. The third kappa shape index (κ3) is 5.36. The Bertz CT molecular complexity index is 410. The standard InChI is InChI=1S/C15H26N2O3/c1-11(2)20-15-5-4-12(10-13(15)16)14(19)6-7-17(3)8-9-18/h4-5,10-11,14,18-19H,6-9,16H2,1-3H3. The highest BCUT2D eigenvalue weighted by atomic mass is 16.5. The Kier molecular flexibility index (Phi) is 6.78. The molecule has 5 nitrogen and oxygen atoms in total. The van der Waals surface area contributed by atoms with Crippen LogP contribution in [0.3, 0.4) is 0 Å². The summed E-state index contributed by atoms with van der Waals surface area (Å²) in [5.74, 6) is 0.647. The summed E-state index contributed by atoms with van der Waals surface area (Å²) in [5, 5.41) is 19.0. The van der Waals surface area contributed by atoms with Crippen LogP contribution in [-0.2, 0) is 0 Å². The van der Waals surface area contributed by atoms with E-state index in [0.29, 0.717) is 30.9 Å². The predicted molar refractivity (Wildman–Crippen MR) is 80.8 cm³/mol. The number of nitrogen functional groups attached to an aromatic ring is 1. The average Bonchev–Trinajstić information content (AvgIpc) is 2.38. The topological polar surface area (TPSA) is 79.0 Å². The maximum Gasteiger partial charge on any atom is 0.142 e. The third-order valence-corrected chi connectivity index (χ3v) is 3.05. The normalized spacial score (nSPS) is 12.9. The van der Waals surface area contributed by atoms with Crippen molar-refractivity contribution < 1.29 is 14.9 Å². The molecule has 4 N–H and O–H groups in total. The van der Waals surface area contributed by atoms with E-state index in [1.165, 1.54) is 0 Å². The summed E-state index contributed by atoms with van der Waals surface area (Å²) in [4.78, 5) is 1.98. The monoisotopic (exact) mass is 282 g/mol. The minimum absolute atomic E-state index is 0.0696. The van der Waals surface area contributed by atoms with Gasteiger partial charge in [0.2, 0.25) is 0 Å². The lowest BCUT2D eigenvalue weighted by molar-refractivity contribution is 0.141. The molecule has 0 aromatic heterocycles. The molecule has 0 aliphatic heterocycles. The number of hydrogen-bond acceptors (Lipinski definition) is 5. The minimum atomic E-state index is -0.563. The Labute approximate surface area is 121 Å². The Morgan fingerprint density at radius 3 is 2.55 bits per heavy atom. The van der Waals surface area contributed by atoms with E-state index in [9.17, 15) is 5.11 Å². The molecule has 0 bridgehead atoms. The third-order valence-electron chi connectivity index (χ3n) is 3.05. The van der Waals surface area contributed by atoms with Crippen LogP contribution in [0.2, 0.25) is 0 Å². The molecule has 0 aliphatic carbocycles. The van der Waals surface area contributed by atoms with Crippen molar-refractivity contribution >= 4 is 5.69 Å². The highest BCUT2D eigenvalue weighted by molar-refractivity contribution is 5.54. The van der Waals surface area contributed by atoms with E-state index in [4.69, 9.17) is 15.6 Å². The van der Waals surface area contributed by atoms with Crippen LogP contribution in [0.1, 0.15) is 31.9 Å². The van der Waals surface area contributed by atoms with Gasteiger partial charge in [0.25, 0.3) is 0 Å². The van der Waals surface area contributed by atoms with Gasteiger partial charge in [-0.2, -0.15) is 0 Å². The number of likely N-dealkylation sites (N-methyl/N-ethyl adjacent to an activating group) is 1. The van der Waals surface area contributed by atoms with E-state index in [1.54, 1.807) is 12.1 Å². The molecule has 0 saturated heterocycles. The molecule has 1 rings (SSSR count). The molecule has 1 aromatic carbocycles. The largest absolute Gasteiger partial charge is 0.489 e. The van der Waals surface area contributed by atoms with Gasteiger partial charge in [0.05, 0.1) is 24.5 Å². The van der Waals surface area contributed by atoms with Crippen molar-refractivity contribution in [2.45, 2.75) is 32.5 Å². The lowest BCUT2D eigenvalue weighted by atomic mass is 10.1. The van der Waals surface area contributed by atoms with Crippen molar-refractivity contribution in [2.75, 3.05) is 32.5 Å². The molecule has 5 heteroatoms. The summed E-state index contributed by atoms with van der Waals surface area (Å²) in [7, 11) is 1.91. The van der Waals surface area contributed by atoms with Crippen LogP contribution in [0, 0.1) is 0 Å². The van der Waals surface area contributed by atoms with Gasteiger partial charge in [0.15, 0.2) is 0 Å². The summed E-state index contributed by atoms with van der Waals surface area (Å²) in [6, 6.07) is 5.39. The molecule has 0 amide bonds. The number of aliphatic hydroxyl groups excluding tert-OH is 2. The Morgan fingerprint density at radius 1 is 1.30 bits per heavy atom. The zero-order valence-electron chi connectivity index (χ0n) is 12.5. The molecule has 0 saturated carbocycles. The zero-order valence-corrected chi connectivity index (χ0v) is 12.5. The number of nitrogens with zero attached hydrogens (tertiary/aromatic N) is 1. The highest BCUT2D eigenvalue weighted by Gasteiger charge is 2.11. The van der Waals surface area contributed by atoms with E-state index in [-0.39, 0.29) is 12.7 Å². The number of hydrogen-bond donors (Lipinski definition) is 3.